The molecule has 4 amide bonds. The minimum atomic E-state index is -3.27. The lowest BCUT2D eigenvalue weighted by Gasteiger charge is -2.20. The zero-order chi connectivity index (χ0) is 20.5. The highest BCUT2D eigenvalue weighted by atomic mass is 32.2. The van der Waals surface area contributed by atoms with E-state index < -0.39 is 21.4 Å². The number of nitrogens with zero attached hydrogens (tertiary/aromatic N) is 1. The first-order valence-corrected chi connectivity index (χ1v) is 11.2. The second-order valence-corrected chi connectivity index (χ2v) is 9.57. The van der Waals surface area contributed by atoms with Crippen molar-refractivity contribution in [3.8, 4) is 0 Å². The van der Waals surface area contributed by atoms with Gasteiger partial charge in [0.1, 0.15) is 5.54 Å². The van der Waals surface area contributed by atoms with Crippen LogP contribution in [0.25, 0.3) is 0 Å². The maximum Gasteiger partial charge on any atom is 0.325 e. The molecule has 28 heavy (non-hydrogen) atoms. The molecule has 3 rings (SSSR count). The maximum absolute atomic E-state index is 12.6. The summed E-state index contributed by atoms with van der Waals surface area (Å²) in [5, 5.41) is 5.60. The molecular formula is C19H25N3O5S. The lowest BCUT2D eigenvalue weighted by Crippen LogP contribution is -2.44. The van der Waals surface area contributed by atoms with E-state index in [1.807, 2.05) is 0 Å². The van der Waals surface area contributed by atoms with Crippen molar-refractivity contribution >= 4 is 27.7 Å². The lowest BCUT2D eigenvalue weighted by molar-refractivity contribution is -0.131. The topological polar surface area (TPSA) is 113 Å². The van der Waals surface area contributed by atoms with Crippen molar-refractivity contribution < 1.29 is 22.8 Å². The molecule has 1 aliphatic heterocycles. The van der Waals surface area contributed by atoms with Gasteiger partial charge in [0.25, 0.3) is 5.91 Å². The Morgan fingerprint density at radius 2 is 1.82 bits per heavy atom. The van der Waals surface area contributed by atoms with E-state index in [1.54, 1.807) is 19.1 Å². The highest BCUT2D eigenvalue weighted by Gasteiger charge is 2.52. The van der Waals surface area contributed by atoms with Gasteiger partial charge in [-0.05, 0) is 37.5 Å². The summed E-state index contributed by atoms with van der Waals surface area (Å²) in [4.78, 5) is 38.3. The third kappa shape index (κ3) is 4.04. The Morgan fingerprint density at radius 3 is 2.39 bits per heavy atom. The van der Waals surface area contributed by atoms with Crippen LogP contribution in [0.5, 0.6) is 0 Å². The molecule has 1 aliphatic carbocycles. The van der Waals surface area contributed by atoms with Crippen LogP contribution in [-0.4, -0.2) is 49.5 Å². The van der Waals surface area contributed by atoms with E-state index in [0.717, 1.165) is 29.6 Å². The second kappa shape index (κ2) is 7.54. The first-order valence-electron chi connectivity index (χ1n) is 9.36. The quantitative estimate of drug-likeness (QED) is 0.695. The zero-order valence-electron chi connectivity index (χ0n) is 16.0. The van der Waals surface area contributed by atoms with Crippen LogP contribution in [-0.2, 0) is 19.4 Å². The number of amides is 4. The summed E-state index contributed by atoms with van der Waals surface area (Å²) in [5.41, 5.74) is 0.00280. The average Bonchev–Trinajstić information content (AvgIpc) is 3.18. The van der Waals surface area contributed by atoms with Gasteiger partial charge in [0, 0.05) is 19.2 Å². The number of hydrogen-bond acceptors (Lipinski definition) is 5. The monoisotopic (exact) mass is 407 g/mol. The third-order valence-corrected chi connectivity index (χ3v) is 6.58. The number of nitrogens with one attached hydrogen (secondary N) is 2. The number of sulfone groups is 1. The van der Waals surface area contributed by atoms with Gasteiger partial charge < -0.3 is 10.6 Å². The number of rotatable bonds is 6. The SMILES string of the molecule is CC(NC(=O)CCN1C(=O)NC2(CCCC2)C1=O)c1ccc(S(C)(=O)=O)cc1. The number of urea groups is 1. The Labute approximate surface area is 164 Å². The van der Waals surface area contributed by atoms with E-state index >= 15 is 0 Å². The number of imide groups is 1. The minimum Gasteiger partial charge on any atom is -0.350 e. The van der Waals surface area contributed by atoms with Gasteiger partial charge in [-0.15, -0.1) is 0 Å². The van der Waals surface area contributed by atoms with Crippen LogP contribution in [0.15, 0.2) is 29.2 Å². The summed E-state index contributed by atoms with van der Waals surface area (Å²) < 4.78 is 23.0. The van der Waals surface area contributed by atoms with Crippen LogP contribution in [0.2, 0.25) is 0 Å². The van der Waals surface area contributed by atoms with E-state index in [9.17, 15) is 22.8 Å². The van der Waals surface area contributed by atoms with Crippen LogP contribution >= 0.6 is 0 Å². The van der Waals surface area contributed by atoms with Crippen molar-refractivity contribution in [1.29, 1.82) is 0 Å². The summed E-state index contributed by atoms with van der Waals surface area (Å²) in [6.45, 7) is 1.83. The van der Waals surface area contributed by atoms with Crippen molar-refractivity contribution in [3.05, 3.63) is 29.8 Å². The fourth-order valence-corrected chi connectivity index (χ4v) is 4.44. The van der Waals surface area contributed by atoms with Crippen molar-refractivity contribution in [2.45, 2.75) is 55.5 Å². The van der Waals surface area contributed by atoms with E-state index in [0.29, 0.717) is 12.8 Å². The van der Waals surface area contributed by atoms with Gasteiger partial charge in [0.15, 0.2) is 9.84 Å². The minimum absolute atomic E-state index is 0.0149. The second-order valence-electron chi connectivity index (χ2n) is 7.56. The normalized spacial score (nSPS) is 19.7. The number of benzene rings is 1. The number of carbonyl (C=O) groups excluding carboxylic acids is 3. The van der Waals surface area contributed by atoms with Crippen molar-refractivity contribution in [3.63, 3.8) is 0 Å². The molecule has 1 saturated heterocycles. The van der Waals surface area contributed by atoms with Gasteiger partial charge in [-0.25, -0.2) is 13.2 Å². The molecule has 1 aromatic carbocycles. The van der Waals surface area contributed by atoms with Crippen molar-refractivity contribution in [2.75, 3.05) is 12.8 Å². The Bertz CT molecular complexity index is 889. The maximum atomic E-state index is 12.6. The molecular weight excluding hydrogens is 382 g/mol. The molecule has 0 radical (unpaired) electrons. The molecule has 2 N–H and O–H groups in total. The smallest absolute Gasteiger partial charge is 0.325 e. The summed E-state index contributed by atoms with van der Waals surface area (Å²) in [5.74, 6) is -0.514. The summed E-state index contributed by atoms with van der Waals surface area (Å²) in [6.07, 6.45) is 4.28. The molecule has 1 unspecified atom stereocenters. The van der Waals surface area contributed by atoms with E-state index in [4.69, 9.17) is 0 Å². The van der Waals surface area contributed by atoms with Gasteiger partial charge in [-0.1, -0.05) is 25.0 Å². The number of carbonyl (C=O) groups is 3. The van der Waals surface area contributed by atoms with Gasteiger partial charge in [-0.2, -0.15) is 0 Å². The van der Waals surface area contributed by atoms with Crippen LogP contribution in [0.4, 0.5) is 4.79 Å². The predicted octanol–water partition coefficient (Wildman–Crippen LogP) is 1.52. The van der Waals surface area contributed by atoms with Crippen molar-refractivity contribution in [2.24, 2.45) is 0 Å². The van der Waals surface area contributed by atoms with Gasteiger partial charge in [0.2, 0.25) is 5.91 Å². The van der Waals surface area contributed by atoms with Gasteiger partial charge in [-0.3, -0.25) is 14.5 Å². The molecule has 0 bridgehead atoms. The Morgan fingerprint density at radius 1 is 1.21 bits per heavy atom. The fourth-order valence-electron chi connectivity index (χ4n) is 3.81. The van der Waals surface area contributed by atoms with E-state index in [1.165, 1.54) is 12.1 Å². The zero-order valence-corrected chi connectivity index (χ0v) is 16.8. The third-order valence-electron chi connectivity index (χ3n) is 5.45. The summed E-state index contributed by atoms with van der Waals surface area (Å²) in [6, 6.07) is 5.56. The molecule has 2 aliphatic rings. The largest absolute Gasteiger partial charge is 0.350 e. The molecule has 8 nitrogen and oxygen atoms in total. The predicted molar refractivity (Wildman–Crippen MR) is 102 cm³/mol. The van der Waals surface area contributed by atoms with Crippen LogP contribution in [0.3, 0.4) is 0 Å². The summed E-state index contributed by atoms with van der Waals surface area (Å²) in [7, 11) is -3.27. The molecule has 152 valence electrons. The first kappa shape index (κ1) is 20.3. The van der Waals surface area contributed by atoms with E-state index in [-0.39, 0.29) is 35.7 Å². The van der Waals surface area contributed by atoms with Crippen molar-refractivity contribution in [1.82, 2.24) is 15.5 Å². The number of hydrogen-bond donors (Lipinski definition) is 2. The Hall–Kier alpha value is -2.42. The molecule has 1 saturated carbocycles. The van der Waals surface area contributed by atoms with Gasteiger partial charge in [0.05, 0.1) is 10.9 Å². The molecule has 1 spiro atoms. The lowest BCUT2D eigenvalue weighted by atomic mass is 9.98. The van der Waals surface area contributed by atoms with Crippen LogP contribution < -0.4 is 10.6 Å². The van der Waals surface area contributed by atoms with E-state index in [2.05, 4.69) is 10.6 Å². The average molecular weight is 407 g/mol. The highest BCUT2D eigenvalue weighted by Crippen LogP contribution is 2.35. The first-order chi connectivity index (χ1) is 13.1. The molecule has 0 aromatic heterocycles. The molecule has 2 fully saturated rings. The van der Waals surface area contributed by atoms with Gasteiger partial charge >= 0.3 is 6.03 Å². The molecule has 1 heterocycles. The molecule has 1 atom stereocenters. The Balaban J connectivity index is 1.54. The van der Waals surface area contributed by atoms with Crippen LogP contribution in [0, 0.1) is 0 Å². The Kier molecular flexibility index (Phi) is 5.47. The molecule has 9 heteroatoms. The highest BCUT2D eigenvalue weighted by molar-refractivity contribution is 7.90. The fraction of sp³-hybridized carbons (Fsp3) is 0.526. The summed E-state index contributed by atoms with van der Waals surface area (Å²) >= 11 is 0. The molecule has 1 aromatic rings. The standard InChI is InChI=1S/C19H25N3O5S/c1-13(14-5-7-15(8-6-14)28(2,26)27)20-16(23)9-12-22-17(24)19(21-18(22)25)10-3-4-11-19/h5-8,13H,3-4,9-12H2,1-2H3,(H,20,23)(H,21,25). The van der Waals surface area contributed by atoms with Crippen LogP contribution in [0.1, 0.15) is 50.6 Å².